The van der Waals surface area contributed by atoms with Crippen LogP contribution in [0.3, 0.4) is 0 Å². The summed E-state index contributed by atoms with van der Waals surface area (Å²) in [5, 5.41) is 0. The molecule has 6 heteroatoms. The van der Waals surface area contributed by atoms with E-state index < -0.39 is 14.9 Å². The molecule has 1 nitrogen and oxygen atoms in total. The second-order valence-electron chi connectivity index (χ2n) is 8.04. The van der Waals surface area contributed by atoms with E-state index in [-0.39, 0.29) is 9.73 Å². The van der Waals surface area contributed by atoms with Gasteiger partial charge in [-0.3, -0.25) is 0 Å². The first-order valence-corrected chi connectivity index (χ1v) is 23.2. The van der Waals surface area contributed by atoms with Crippen molar-refractivity contribution in [2.24, 2.45) is 0 Å². The molecule has 3 aromatic carbocycles. The molecule has 149 valence electrons. The molecule has 1 atom stereocenters. The first-order chi connectivity index (χ1) is 14.3. The second-order valence-corrected chi connectivity index (χ2v) is 35.7. The molecule has 0 saturated carbocycles. The van der Waals surface area contributed by atoms with Gasteiger partial charge in [0.05, 0.1) is 0 Å². The van der Waals surface area contributed by atoms with E-state index in [1.54, 1.807) is 0 Å². The Bertz CT molecular complexity index is 1260. The average Bonchev–Trinajstić information content (AvgIpc) is 3.35. The molecule has 3 aromatic rings. The average molecular weight is 594 g/mol. The topological polar surface area (TPSA) is 9.23 Å². The summed E-state index contributed by atoms with van der Waals surface area (Å²) in [7, 11) is 20.5. The number of hydrogen-bond donors (Lipinski definition) is 1. The zero-order valence-corrected chi connectivity index (χ0v) is 22.1. The van der Waals surface area contributed by atoms with Crippen molar-refractivity contribution in [3.63, 3.8) is 0 Å². The van der Waals surface area contributed by atoms with Gasteiger partial charge < -0.3 is 0 Å². The summed E-state index contributed by atoms with van der Waals surface area (Å²) in [5.41, 5.74) is 8.01. The van der Waals surface area contributed by atoms with Gasteiger partial charge >= 0.3 is 198 Å². The molecule has 3 aliphatic rings. The number of halogens is 3. The van der Waals surface area contributed by atoms with Crippen molar-refractivity contribution >= 4 is 51.7 Å². The van der Waals surface area contributed by atoms with Crippen molar-refractivity contribution in [2.45, 2.75) is 9.73 Å². The van der Waals surface area contributed by atoms with Crippen LogP contribution in [-0.4, -0.2) is 0 Å². The van der Waals surface area contributed by atoms with Crippen molar-refractivity contribution in [1.29, 1.82) is 0 Å². The molecule has 1 heterocycles. The van der Waals surface area contributed by atoms with Crippen LogP contribution in [0.2, 0.25) is 0 Å². The molecule has 0 fully saturated rings. The Morgan fingerprint density at radius 3 is 2.13 bits per heavy atom. The Morgan fingerprint density at radius 1 is 0.833 bits per heavy atom. The molecular formula is C24H16BrCl2OSZr. The summed E-state index contributed by atoms with van der Waals surface area (Å²) in [4.78, 5) is 0. The molecule has 6 rings (SSSR count). The number of benzene rings is 3. The number of fused-ring (bicyclic) bond motifs is 6. The molecule has 0 saturated heterocycles. The van der Waals surface area contributed by atoms with Gasteiger partial charge in [0.1, 0.15) is 0 Å². The molecule has 0 amide bonds. The van der Waals surface area contributed by atoms with Crippen LogP contribution in [0.1, 0.15) is 32.0 Å². The van der Waals surface area contributed by atoms with E-state index in [4.69, 9.17) is 31.1 Å². The fourth-order valence-corrected chi connectivity index (χ4v) is 20.6. The van der Waals surface area contributed by atoms with Gasteiger partial charge in [-0.15, -0.1) is 0 Å². The van der Waals surface area contributed by atoms with Crippen molar-refractivity contribution in [3.05, 3.63) is 105 Å². The van der Waals surface area contributed by atoms with Crippen molar-refractivity contribution < 1.29 is 19.7 Å². The van der Waals surface area contributed by atoms with E-state index in [1.165, 1.54) is 22.3 Å². The van der Waals surface area contributed by atoms with Crippen LogP contribution >= 0.6 is 42.3 Å². The third kappa shape index (κ3) is 2.71. The Hall–Kier alpha value is -0.767. The molecule has 0 N–H and O–H groups in total. The van der Waals surface area contributed by atoms with Crippen molar-refractivity contribution in [3.8, 4) is 11.1 Å². The summed E-state index contributed by atoms with van der Waals surface area (Å²) < 4.78 is 7.64. The Labute approximate surface area is 195 Å². The summed E-state index contributed by atoms with van der Waals surface area (Å²) in [6, 6.07) is 23.0. The normalized spacial score (nSPS) is 20.3. The Balaban J connectivity index is 1.60. The van der Waals surface area contributed by atoms with Crippen LogP contribution in [0.25, 0.3) is 17.2 Å². The zero-order valence-electron chi connectivity index (χ0n) is 15.6. The van der Waals surface area contributed by atoms with Gasteiger partial charge in [-0.05, 0) is 0 Å². The third-order valence-electron chi connectivity index (χ3n) is 6.34. The molecule has 0 spiro atoms. The molecular weight excluding hydrogens is 578 g/mol. The predicted octanol–water partition coefficient (Wildman–Crippen LogP) is 7.63. The molecule has 2 aliphatic carbocycles. The van der Waals surface area contributed by atoms with E-state index in [0.29, 0.717) is 0 Å². The first-order valence-electron chi connectivity index (χ1n) is 9.73. The van der Waals surface area contributed by atoms with Gasteiger partial charge in [0, 0.05) is 0 Å². The number of hydrogen-bond acceptors (Lipinski definition) is 2. The number of thiol groups is 1. The molecule has 0 aromatic heterocycles. The van der Waals surface area contributed by atoms with Crippen LogP contribution in [0.4, 0.5) is 0 Å². The van der Waals surface area contributed by atoms with Crippen LogP contribution in [-0.2, 0) is 19.7 Å². The zero-order chi connectivity index (χ0) is 20.7. The predicted molar refractivity (Wildman–Crippen MR) is 129 cm³/mol. The first kappa shape index (κ1) is 19.9. The number of ether oxygens (including phenoxy) is 1. The second kappa shape index (κ2) is 6.62. The monoisotopic (exact) mass is 591 g/mol. The quantitative estimate of drug-likeness (QED) is 0.301. The van der Waals surface area contributed by atoms with E-state index in [0.717, 1.165) is 24.6 Å². The summed E-state index contributed by atoms with van der Waals surface area (Å²) >= 11 is -1.47. The van der Waals surface area contributed by atoms with E-state index >= 15 is 0 Å². The minimum absolute atomic E-state index is 0.140. The molecule has 1 unspecified atom stereocenters. The van der Waals surface area contributed by atoms with Crippen LogP contribution in [0, 0.1) is 0 Å². The molecule has 1 aliphatic heterocycles. The van der Waals surface area contributed by atoms with Gasteiger partial charge in [-0.25, -0.2) is 0 Å². The van der Waals surface area contributed by atoms with Gasteiger partial charge in [0.25, 0.3) is 0 Å². The third-order valence-corrected chi connectivity index (χ3v) is 22.1. The maximum atomic E-state index is 7.62. The maximum absolute atomic E-state index is 7.62. The Kier molecular flexibility index (Phi) is 4.39. The fraction of sp³-hybridized carbons (Fsp3) is 0.0833. The Morgan fingerprint density at radius 2 is 1.47 bits per heavy atom. The minimum atomic E-state index is -4.94. The van der Waals surface area contributed by atoms with Gasteiger partial charge in [0.15, 0.2) is 0 Å². The molecule has 0 radical (unpaired) electrons. The van der Waals surface area contributed by atoms with E-state index in [9.17, 15) is 0 Å². The SMILES string of the molecule is [SH][Zr]([Cl])([Cl])([c]1cccc2c1C1OC(Br)=CC1=C2)[CH]1c2ccccc2-c2ccccc21. The summed E-state index contributed by atoms with van der Waals surface area (Å²) in [6.45, 7) is 0. The van der Waals surface area contributed by atoms with Gasteiger partial charge in [-0.2, -0.15) is 0 Å². The summed E-state index contributed by atoms with van der Waals surface area (Å²) in [6.07, 6.45) is 3.98. The van der Waals surface area contributed by atoms with E-state index in [2.05, 4.69) is 82.7 Å². The standard InChI is InChI=1S/C13H9.C11H6BrO.2ClH.H2S.Zr/c1-3-7-12-10(5-1)9-11-6-2-4-8-13(11)12;12-10-6-8-5-7-3-1-2-4-9(7)11(8)13-10;;;;/h1-9H;1-3,5-6,11H;2*1H;1H2;/q;;;;;+3/p-3. The van der Waals surface area contributed by atoms with Crippen LogP contribution in [0.15, 0.2) is 83.0 Å². The number of rotatable bonds is 2. The van der Waals surface area contributed by atoms with Crippen LogP contribution < -0.4 is 3.27 Å². The van der Waals surface area contributed by atoms with Gasteiger partial charge in [-0.1, -0.05) is 0 Å². The van der Waals surface area contributed by atoms with Crippen molar-refractivity contribution in [1.82, 2.24) is 0 Å². The van der Waals surface area contributed by atoms with E-state index in [1.807, 2.05) is 12.1 Å². The van der Waals surface area contributed by atoms with Crippen LogP contribution in [0.5, 0.6) is 0 Å². The molecule has 0 bridgehead atoms. The fourth-order valence-electron chi connectivity index (χ4n) is 5.17. The van der Waals surface area contributed by atoms with Gasteiger partial charge in [0.2, 0.25) is 0 Å². The van der Waals surface area contributed by atoms with Crippen molar-refractivity contribution in [2.75, 3.05) is 0 Å². The molecule has 30 heavy (non-hydrogen) atoms. The summed E-state index contributed by atoms with van der Waals surface area (Å²) in [5.74, 6) is 0.